The van der Waals surface area contributed by atoms with Gasteiger partial charge >= 0.3 is 6.09 Å². The first-order valence-electron chi connectivity index (χ1n) is 7.69. The average molecular weight is 368 g/mol. The summed E-state index contributed by atoms with van der Waals surface area (Å²) < 4.78 is 31.2. The molecule has 0 spiro atoms. The lowest BCUT2D eigenvalue weighted by Gasteiger charge is -2.17. The molecule has 0 bridgehead atoms. The molecule has 0 saturated heterocycles. The summed E-state index contributed by atoms with van der Waals surface area (Å²) in [6.07, 6.45) is -0.794. The van der Waals surface area contributed by atoms with Gasteiger partial charge in [-0.3, -0.25) is 19.9 Å². The van der Waals surface area contributed by atoms with Gasteiger partial charge in [-0.15, -0.1) is 0 Å². The molecule has 1 aromatic carbocycles. The van der Waals surface area contributed by atoms with Crippen LogP contribution in [0.25, 0.3) is 0 Å². The van der Waals surface area contributed by atoms with E-state index in [0.717, 1.165) is 0 Å². The van der Waals surface area contributed by atoms with Crippen molar-refractivity contribution in [2.45, 2.75) is 31.7 Å². The van der Waals surface area contributed by atoms with Crippen LogP contribution in [-0.4, -0.2) is 38.9 Å². The highest BCUT2D eigenvalue weighted by Gasteiger charge is 2.32. The number of hydrogen-bond acceptors (Lipinski definition) is 6. The zero-order valence-corrected chi connectivity index (χ0v) is 14.9. The van der Waals surface area contributed by atoms with Crippen molar-refractivity contribution in [3.8, 4) is 0 Å². The first-order valence-corrected chi connectivity index (χ1v) is 9.17. The van der Waals surface area contributed by atoms with Crippen molar-refractivity contribution in [2.24, 2.45) is 10.9 Å². The summed E-state index contributed by atoms with van der Waals surface area (Å²) in [6.45, 7) is 5.31. The van der Waals surface area contributed by atoms with Crippen LogP contribution in [0.5, 0.6) is 0 Å². The first-order chi connectivity index (χ1) is 11.8. The number of fused-ring (bicyclic) bond motifs is 1. The maximum atomic E-state index is 12.3. The van der Waals surface area contributed by atoms with Crippen molar-refractivity contribution in [3.05, 3.63) is 29.8 Å². The molecule has 0 fully saturated rings. The number of hydrogen-bond donors (Lipinski definition) is 3. The van der Waals surface area contributed by atoms with Crippen molar-refractivity contribution in [1.29, 1.82) is 0 Å². The lowest BCUT2D eigenvalue weighted by molar-refractivity contribution is -0.124. The molecule has 1 aliphatic heterocycles. The second-order valence-electron chi connectivity index (χ2n) is 5.60. The summed E-state index contributed by atoms with van der Waals surface area (Å²) in [4.78, 5) is 27.9. The minimum atomic E-state index is -3.69. The number of nitrogens with zero attached hydrogens (tertiary/aromatic N) is 1. The second kappa shape index (κ2) is 7.51. The van der Waals surface area contributed by atoms with E-state index in [1.54, 1.807) is 39.0 Å². The van der Waals surface area contributed by atoms with Gasteiger partial charge in [0.2, 0.25) is 0 Å². The predicted octanol–water partition coefficient (Wildman–Crippen LogP) is 0.527. The monoisotopic (exact) mass is 368 g/mol. The molecule has 0 aromatic heterocycles. The standard InChI is InChI=1S/C15H20N4O5S/c1-4-24-15(21)18-17-14(20)12(9(2)3)16-13-10-7-5-6-8-11(10)25(22,23)19-13/h5-9,12H,4H2,1-3H3,(H,16,19)(H,17,20)(H,18,21). The van der Waals surface area contributed by atoms with Gasteiger partial charge in [0.1, 0.15) is 11.9 Å². The highest BCUT2D eigenvalue weighted by atomic mass is 32.2. The van der Waals surface area contributed by atoms with Gasteiger partial charge in [-0.05, 0) is 25.0 Å². The molecule has 2 amide bonds. The van der Waals surface area contributed by atoms with Gasteiger partial charge in [0.25, 0.3) is 15.9 Å². The van der Waals surface area contributed by atoms with Crippen LogP contribution < -0.4 is 15.6 Å². The molecule has 136 valence electrons. The average Bonchev–Trinajstić information content (AvgIpc) is 2.81. The molecule has 0 radical (unpaired) electrons. The molecule has 1 aliphatic rings. The summed E-state index contributed by atoms with van der Waals surface area (Å²) in [7, 11) is -3.69. The molecular formula is C15H20N4O5S. The number of amidine groups is 1. The van der Waals surface area contributed by atoms with Crippen LogP contribution in [-0.2, 0) is 19.6 Å². The largest absolute Gasteiger partial charge is 0.449 e. The van der Waals surface area contributed by atoms with Crippen LogP contribution in [0.3, 0.4) is 0 Å². The highest BCUT2D eigenvalue weighted by molar-refractivity contribution is 7.90. The van der Waals surface area contributed by atoms with E-state index in [4.69, 9.17) is 0 Å². The fraction of sp³-hybridized carbons (Fsp3) is 0.400. The molecule has 0 saturated carbocycles. The molecule has 10 heteroatoms. The van der Waals surface area contributed by atoms with Crippen LogP contribution >= 0.6 is 0 Å². The number of carbonyl (C=O) groups excluding carboxylic acids is 2. The maximum Gasteiger partial charge on any atom is 0.426 e. The Kier molecular flexibility index (Phi) is 5.62. The van der Waals surface area contributed by atoms with E-state index in [9.17, 15) is 18.0 Å². The van der Waals surface area contributed by atoms with E-state index < -0.39 is 28.1 Å². The zero-order valence-electron chi connectivity index (χ0n) is 14.1. The fourth-order valence-corrected chi connectivity index (χ4v) is 3.47. The number of carbonyl (C=O) groups is 2. The van der Waals surface area contributed by atoms with Crippen LogP contribution in [0.4, 0.5) is 4.79 Å². The highest BCUT2D eigenvalue weighted by Crippen LogP contribution is 2.23. The van der Waals surface area contributed by atoms with Gasteiger partial charge in [-0.25, -0.2) is 18.6 Å². The number of nitrogens with one attached hydrogen (secondary N) is 3. The first kappa shape index (κ1) is 18.7. The van der Waals surface area contributed by atoms with Crippen LogP contribution in [0.1, 0.15) is 26.3 Å². The Hall–Kier alpha value is -2.62. The Bertz CT molecular complexity index is 804. The summed E-state index contributed by atoms with van der Waals surface area (Å²) in [5.74, 6) is -0.728. The van der Waals surface area contributed by atoms with Crippen molar-refractivity contribution in [3.63, 3.8) is 0 Å². The number of rotatable bonds is 4. The van der Waals surface area contributed by atoms with Crippen molar-refractivity contribution in [2.75, 3.05) is 6.61 Å². The Labute approximate surface area is 145 Å². The maximum absolute atomic E-state index is 12.3. The van der Waals surface area contributed by atoms with Gasteiger partial charge in [-0.2, -0.15) is 0 Å². The molecule has 0 aliphatic carbocycles. The van der Waals surface area contributed by atoms with E-state index >= 15 is 0 Å². The number of ether oxygens (including phenoxy) is 1. The van der Waals surface area contributed by atoms with Gasteiger partial charge < -0.3 is 4.74 Å². The SMILES string of the molecule is CCOC(=O)NNC(=O)C(N=C1NS(=O)(=O)c2ccccc21)C(C)C. The van der Waals surface area contributed by atoms with Gasteiger partial charge in [-0.1, -0.05) is 26.0 Å². The molecule has 1 aromatic rings. The number of benzene rings is 1. The number of hydrazine groups is 1. The Morgan fingerprint density at radius 2 is 1.92 bits per heavy atom. The predicted molar refractivity (Wildman–Crippen MR) is 90.2 cm³/mol. The lowest BCUT2D eigenvalue weighted by Crippen LogP contribution is -2.48. The molecule has 1 atom stereocenters. The smallest absolute Gasteiger partial charge is 0.426 e. The Morgan fingerprint density at radius 1 is 1.24 bits per heavy atom. The Balaban J connectivity index is 2.23. The fourth-order valence-electron chi connectivity index (χ4n) is 2.23. The molecule has 9 nitrogen and oxygen atoms in total. The van der Waals surface area contributed by atoms with E-state index in [2.05, 4.69) is 25.3 Å². The van der Waals surface area contributed by atoms with Crippen molar-refractivity contribution >= 4 is 27.9 Å². The lowest BCUT2D eigenvalue weighted by atomic mass is 10.0. The minimum Gasteiger partial charge on any atom is -0.449 e. The molecule has 1 unspecified atom stereocenters. The third-order valence-corrected chi connectivity index (χ3v) is 4.79. The molecular weight excluding hydrogens is 348 g/mol. The van der Waals surface area contributed by atoms with Crippen LogP contribution in [0.15, 0.2) is 34.2 Å². The zero-order chi connectivity index (χ0) is 18.6. The van der Waals surface area contributed by atoms with Gasteiger partial charge in [0.05, 0.1) is 11.5 Å². The quantitative estimate of drug-likeness (QED) is 0.668. The number of sulfonamides is 1. The molecule has 3 N–H and O–H groups in total. The number of amides is 2. The molecule has 25 heavy (non-hydrogen) atoms. The summed E-state index contributed by atoms with van der Waals surface area (Å²) >= 11 is 0. The normalized spacial score (nSPS) is 17.5. The van der Waals surface area contributed by atoms with Crippen molar-refractivity contribution < 1.29 is 22.7 Å². The minimum absolute atomic E-state index is 0.0978. The molecule has 1 heterocycles. The number of aliphatic imine (C=N–C) groups is 1. The summed E-state index contributed by atoms with van der Waals surface area (Å²) in [5, 5.41) is 0. The van der Waals surface area contributed by atoms with Gasteiger partial charge in [0, 0.05) is 5.56 Å². The third-order valence-electron chi connectivity index (χ3n) is 3.39. The Morgan fingerprint density at radius 3 is 2.56 bits per heavy atom. The second-order valence-corrected chi connectivity index (χ2v) is 7.25. The van der Waals surface area contributed by atoms with Crippen molar-refractivity contribution in [1.82, 2.24) is 15.6 Å². The topological polar surface area (TPSA) is 126 Å². The van der Waals surface area contributed by atoms with Gasteiger partial charge in [0.15, 0.2) is 0 Å². The van der Waals surface area contributed by atoms with E-state index in [1.165, 1.54) is 6.07 Å². The van der Waals surface area contributed by atoms with E-state index in [0.29, 0.717) is 5.56 Å². The van der Waals surface area contributed by atoms with Crippen LogP contribution in [0.2, 0.25) is 0 Å². The third kappa shape index (κ3) is 4.27. The van der Waals surface area contributed by atoms with Crippen LogP contribution in [0, 0.1) is 5.92 Å². The molecule has 2 rings (SSSR count). The summed E-state index contributed by atoms with van der Waals surface area (Å²) in [6, 6.07) is 5.46. The van der Waals surface area contributed by atoms with E-state index in [1.807, 2.05) is 0 Å². The van der Waals surface area contributed by atoms with E-state index in [-0.39, 0.29) is 23.3 Å². The summed E-state index contributed by atoms with van der Waals surface area (Å²) in [5.41, 5.74) is 4.73.